The first kappa shape index (κ1) is 12.5. The predicted octanol–water partition coefficient (Wildman–Crippen LogP) is 1.29. The number of rotatable bonds is 5. The number of aliphatic hydroxyl groups excluding tert-OH is 1. The summed E-state index contributed by atoms with van der Waals surface area (Å²) in [7, 11) is 0. The van der Waals surface area contributed by atoms with E-state index in [2.05, 4.69) is 6.92 Å². The molecule has 2 N–H and O–H groups in total. The highest BCUT2D eigenvalue weighted by atomic mass is 16.4. The molecule has 0 saturated carbocycles. The van der Waals surface area contributed by atoms with Gasteiger partial charge in [-0.05, 0) is 25.2 Å². The smallest absolute Gasteiger partial charge is 0.320 e. The van der Waals surface area contributed by atoms with Crippen molar-refractivity contribution in [3.8, 4) is 0 Å². The van der Waals surface area contributed by atoms with E-state index < -0.39 is 18.2 Å². The second kappa shape index (κ2) is 5.47. The summed E-state index contributed by atoms with van der Waals surface area (Å²) < 4.78 is 0. The Morgan fingerprint density at radius 1 is 1.53 bits per heavy atom. The number of aliphatic carboxylic acids is 1. The first-order valence-electron chi connectivity index (χ1n) is 5.76. The zero-order valence-electron chi connectivity index (χ0n) is 9.52. The van der Waals surface area contributed by atoms with Crippen LogP contribution in [-0.4, -0.2) is 39.9 Å². The topological polar surface area (TPSA) is 60.8 Å². The minimum absolute atomic E-state index is 0.457. The molecule has 88 valence electrons. The molecule has 1 aliphatic heterocycles. The van der Waals surface area contributed by atoms with Crippen LogP contribution in [0.15, 0.2) is 0 Å². The van der Waals surface area contributed by atoms with Gasteiger partial charge in [0.05, 0.1) is 0 Å². The molecule has 1 rings (SSSR count). The molecule has 0 aromatic rings. The van der Waals surface area contributed by atoms with Gasteiger partial charge >= 0.3 is 5.97 Å². The molecule has 1 fully saturated rings. The summed E-state index contributed by atoms with van der Waals surface area (Å²) in [5.74, 6) is -0.368. The Balaban J connectivity index is 2.58. The van der Waals surface area contributed by atoms with E-state index in [1.807, 2.05) is 6.92 Å². The molecule has 0 aromatic heterocycles. The van der Waals surface area contributed by atoms with E-state index >= 15 is 0 Å². The second-order valence-corrected chi connectivity index (χ2v) is 4.33. The van der Waals surface area contributed by atoms with Gasteiger partial charge in [-0.3, -0.25) is 9.69 Å². The van der Waals surface area contributed by atoms with Crippen LogP contribution in [0.25, 0.3) is 0 Å². The van der Waals surface area contributed by atoms with Crippen molar-refractivity contribution in [2.75, 3.05) is 6.54 Å². The van der Waals surface area contributed by atoms with Crippen molar-refractivity contribution >= 4 is 5.97 Å². The van der Waals surface area contributed by atoms with Gasteiger partial charge in [0.15, 0.2) is 0 Å². The van der Waals surface area contributed by atoms with Gasteiger partial charge in [0, 0.05) is 6.54 Å². The predicted molar refractivity (Wildman–Crippen MR) is 57.4 cm³/mol. The summed E-state index contributed by atoms with van der Waals surface area (Å²) in [6.45, 7) is 4.68. The van der Waals surface area contributed by atoms with Crippen LogP contribution >= 0.6 is 0 Å². The maximum atomic E-state index is 11.0. The first-order valence-corrected chi connectivity index (χ1v) is 5.76. The van der Waals surface area contributed by atoms with Crippen molar-refractivity contribution in [1.82, 2.24) is 4.90 Å². The highest BCUT2D eigenvalue weighted by Gasteiger charge is 2.36. The lowest BCUT2D eigenvalue weighted by atomic mass is 10.0. The summed E-state index contributed by atoms with van der Waals surface area (Å²) in [6, 6.07) is -0.526. The molecule has 4 nitrogen and oxygen atoms in total. The fraction of sp³-hybridized carbons (Fsp3) is 0.909. The standard InChI is InChI=1S/C11H21NO3/c1-3-5-8-6-10(13)12(7-8)9(4-2)11(14)15/h8-10,13H,3-7H2,1-2H3,(H,14,15). The third-order valence-electron chi connectivity index (χ3n) is 3.17. The quantitative estimate of drug-likeness (QED) is 0.725. The zero-order chi connectivity index (χ0) is 11.4. The molecule has 1 heterocycles. The molecule has 1 saturated heterocycles. The van der Waals surface area contributed by atoms with E-state index in [-0.39, 0.29) is 0 Å². The van der Waals surface area contributed by atoms with Gasteiger partial charge in [0.25, 0.3) is 0 Å². The summed E-state index contributed by atoms with van der Waals surface area (Å²) in [4.78, 5) is 12.7. The van der Waals surface area contributed by atoms with Gasteiger partial charge in [-0.1, -0.05) is 20.3 Å². The maximum absolute atomic E-state index is 11.0. The number of carbonyl (C=O) groups is 1. The monoisotopic (exact) mass is 215 g/mol. The Labute approximate surface area is 90.9 Å². The van der Waals surface area contributed by atoms with Crippen molar-refractivity contribution in [3.63, 3.8) is 0 Å². The molecule has 0 aromatic carbocycles. The molecule has 3 atom stereocenters. The van der Waals surface area contributed by atoms with Crippen molar-refractivity contribution in [1.29, 1.82) is 0 Å². The molecule has 15 heavy (non-hydrogen) atoms. The van der Waals surface area contributed by atoms with E-state index in [1.165, 1.54) is 0 Å². The van der Waals surface area contributed by atoms with Gasteiger partial charge in [-0.2, -0.15) is 0 Å². The van der Waals surface area contributed by atoms with Gasteiger partial charge in [-0.25, -0.2) is 0 Å². The highest BCUT2D eigenvalue weighted by molar-refractivity contribution is 5.73. The van der Waals surface area contributed by atoms with E-state index in [4.69, 9.17) is 5.11 Å². The van der Waals surface area contributed by atoms with E-state index in [1.54, 1.807) is 4.90 Å². The average Bonchev–Trinajstić information content (AvgIpc) is 2.49. The van der Waals surface area contributed by atoms with Crippen molar-refractivity contribution in [2.24, 2.45) is 5.92 Å². The van der Waals surface area contributed by atoms with Crippen LogP contribution < -0.4 is 0 Å². The Hall–Kier alpha value is -0.610. The SMILES string of the molecule is CCCC1CC(O)N(C(CC)C(=O)O)C1. The molecule has 1 aliphatic rings. The summed E-state index contributed by atoms with van der Waals surface area (Å²) in [5.41, 5.74) is 0. The fourth-order valence-corrected chi connectivity index (χ4v) is 2.43. The third-order valence-corrected chi connectivity index (χ3v) is 3.17. The summed E-state index contributed by atoms with van der Waals surface area (Å²) in [5, 5.41) is 18.8. The number of likely N-dealkylation sites (tertiary alicyclic amines) is 1. The molecule has 0 amide bonds. The largest absolute Gasteiger partial charge is 0.480 e. The molecule has 0 aliphatic carbocycles. The Kier molecular flexibility index (Phi) is 4.54. The van der Waals surface area contributed by atoms with E-state index in [9.17, 15) is 9.90 Å². The zero-order valence-corrected chi connectivity index (χ0v) is 9.52. The summed E-state index contributed by atoms with van der Waals surface area (Å²) >= 11 is 0. The van der Waals surface area contributed by atoms with Crippen LogP contribution in [0.4, 0.5) is 0 Å². The average molecular weight is 215 g/mol. The molecule has 0 bridgehead atoms. The number of carboxylic acid groups (broad SMARTS) is 1. The van der Waals surface area contributed by atoms with Gasteiger partial charge in [0.1, 0.15) is 12.3 Å². The summed E-state index contributed by atoms with van der Waals surface area (Å²) in [6.07, 6.45) is 2.87. The number of carboxylic acids is 1. The number of aliphatic hydroxyl groups is 1. The molecular formula is C11H21NO3. The molecule has 0 radical (unpaired) electrons. The van der Waals surface area contributed by atoms with Crippen molar-refractivity contribution < 1.29 is 15.0 Å². The molecule has 3 unspecified atom stereocenters. The maximum Gasteiger partial charge on any atom is 0.320 e. The normalized spacial score (nSPS) is 29.3. The van der Waals surface area contributed by atoms with E-state index in [0.717, 1.165) is 25.8 Å². The Morgan fingerprint density at radius 2 is 2.20 bits per heavy atom. The van der Waals surface area contributed by atoms with E-state index in [0.29, 0.717) is 12.3 Å². The van der Waals surface area contributed by atoms with Gasteiger partial charge in [0.2, 0.25) is 0 Å². The number of nitrogens with zero attached hydrogens (tertiary/aromatic N) is 1. The van der Waals surface area contributed by atoms with Crippen LogP contribution in [0.1, 0.15) is 39.5 Å². The van der Waals surface area contributed by atoms with Crippen molar-refractivity contribution in [2.45, 2.75) is 51.8 Å². The third kappa shape index (κ3) is 2.92. The second-order valence-electron chi connectivity index (χ2n) is 4.33. The lowest BCUT2D eigenvalue weighted by Crippen LogP contribution is -2.43. The molecule has 4 heteroatoms. The van der Waals surface area contributed by atoms with Crippen molar-refractivity contribution in [3.05, 3.63) is 0 Å². The lowest BCUT2D eigenvalue weighted by molar-refractivity contribution is -0.146. The number of hydrogen-bond donors (Lipinski definition) is 2. The first-order chi connectivity index (χ1) is 7.10. The molecular weight excluding hydrogens is 194 g/mol. The van der Waals surface area contributed by atoms with Crippen LogP contribution in [0.3, 0.4) is 0 Å². The Morgan fingerprint density at radius 3 is 2.67 bits per heavy atom. The van der Waals surface area contributed by atoms with Gasteiger partial charge in [-0.15, -0.1) is 0 Å². The van der Waals surface area contributed by atoms with Crippen LogP contribution in [-0.2, 0) is 4.79 Å². The van der Waals surface area contributed by atoms with Crippen LogP contribution in [0, 0.1) is 5.92 Å². The fourth-order valence-electron chi connectivity index (χ4n) is 2.43. The molecule has 0 spiro atoms. The Bertz CT molecular complexity index is 220. The number of hydrogen-bond acceptors (Lipinski definition) is 3. The lowest BCUT2D eigenvalue weighted by Gasteiger charge is -2.26. The van der Waals surface area contributed by atoms with Gasteiger partial charge < -0.3 is 10.2 Å². The van der Waals surface area contributed by atoms with Crippen LogP contribution in [0.2, 0.25) is 0 Å². The minimum Gasteiger partial charge on any atom is -0.480 e. The highest BCUT2D eigenvalue weighted by Crippen LogP contribution is 2.27. The minimum atomic E-state index is -0.825. The van der Waals surface area contributed by atoms with Crippen LogP contribution in [0.5, 0.6) is 0 Å².